The molecule has 0 aliphatic rings. The monoisotopic (exact) mass is 243 g/mol. The van der Waals surface area contributed by atoms with Gasteiger partial charge in [0.05, 0.1) is 6.42 Å². The van der Waals surface area contributed by atoms with Crippen molar-refractivity contribution in [1.29, 1.82) is 0 Å². The molecule has 0 rings (SSSR count). The summed E-state index contributed by atoms with van der Waals surface area (Å²) in [6, 6.07) is 0. The van der Waals surface area contributed by atoms with Gasteiger partial charge in [0.25, 0.3) is 0 Å². The zero-order chi connectivity index (χ0) is 11.4. The fourth-order valence-electron chi connectivity index (χ4n) is 0.873. The SMILES string of the molecule is CC(C)(C)OC(=O)C[C@@H](CN)C(F)F.S. The van der Waals surface area contributed by atoms with E-state index in [9.17, 15) is 13.6 Å². The number of alkyl halides is 2. The zero-order valence-electron chi connectivity index (χ0n) is 9.22. The molecule has 92 valence electrons. The molecule has 0 fully saturated rings. The predicted molar refractivity (Wildman–Crippen MR) is 59.4 cm³/mol. The molecular weight excluding hydrogens is 224 g/mol. The first-order valence-corrected chi connectivity index (χ1v) is 4.46. The average Bonchev–Trinajstić information content (AvgIpc) is 1.96. The first kappa shape index (κ1) is 17.0. The highest BCUT2D eigenvalue weighted by Gasteiger charge is 2.25. The molecule has 15 heavy (non-hydrogen) atoms. The highest BCUT2D eigenvalue weighted by Crippen LogP contribution is 2.16. The molecule has 0 saturated carbocycles. The number of carbonyl (C=O) groups excluding carboxylic acids is 1. The average molecular weight is 243 g/mol. The molecule has 0 radical (unpaired) electrons. The number of halogens is 2. The minimum atomic E-state index is -2.58. The largest absolute Gasteiger partial charge is 0.460 e. The smallest absolute Gasteiger partial charge is 0.306 e. The molecule has 6 heteroatoms. The van der Waals surface area contributed by atoms with E-state index >= 15 is 0 Å². The van der Waals surface area contributed by atoms with Crippen molar-refractivity contribution in [2.24, 2.45) is 11.7 Å². The van der Waals surface area contributed by atoms with E-state index in [4.69, 9.17) is 10.5 Å². The Balaban J connectivity index is 0. The van der Waals surface area contributed by atoms with Crippen LogP contribution in [0.15, 0.2) is 0 Å². The molecule has 2 N–H and O–H groups in total. The lowest BCUT2D eigenvalue weighted by Gasteiger charge is -2.21. The Kier molecular flexibility index (Phi) is 7.96. The van der Waals surface area contributed by atoms with Gasteiger partial charge in [-0.05, 0) is 20.8 Å². The Hall–Kier alpha value is -0.360. The van der Waals surface area contributed by atoms with Crippen LogP contribution in [0.4, 0.5) is 8.78 Å². The van der Waals surface area contributed by atoms with E-state index < -0.39 is 23.9 Å². The van der Waals surface area contributed by atoms with E-state index in [-0.39, 0.29) is 26.5 Å². The Morgan fingerprint density at radius 2 is 1.87 bits per heavy atom. The van der Waals surface area contributed by atoms with Crippen LogP contribution in [0.1, 0.15) is 27.2 Å². The van der Waals surface area contributed by atoms with Crippen molar-refractivity contribution in [2.45, 2.75) is 39.2 Å². The van der Waals surface area contributed by atoms with Gasteiger partial charge in [0.2, 0.25) is 6.43 Å². The van der Waals surface area contributed by atoms with Gasteiger partial charge in [-0.15, -0.1) is 0 Å². The van der Waals surface area contributed by atoms with Crippen LogP contribution in [0.5, 0.6) is 0 Å². The quantitative estimate of drug-likeness (QED) is 0.764. The molecule has 3 nitrogen and oxygen atoms in total. The molecule has 0 unspecified atom stereocenters. The van der Waals surface area contributed by atoms with Crippen LogP contribution >= 0.6 is 13.5 Å². The van der Waals surface area contributed by atoms with Crippen LogP contribution in [0.3, 0.4) is 0 Å². The maximum Gasteiger partial charge on any atom is 0.306 e. The predicted octanol–water partition coefficient (Wildman–Crippen LogP) is 1.67. The molecule has 0 aliphatic heterocycles. The molecule has 0 saturated heterocycles. The summed E-state index contributed by atoms with van der Waals surface area (Å²) < 4.78 is 29.3. The molecule has 0 aliphatic carbocycles. The van der Waals surface area contributed by atoms with Crippen molar-refractivity contribution < 1.29 is 18.3 Å². The molecule has 0 aromatic rings. The summed E-state index contributed by atoms with van der Waals surface area (Å²) in [6.07, 6.45) is -2.90. The normalized spacial score (nSPS) is 13.3. The summed E-state index contributed by atoms with van der Waals surface area (Å²) in [7, 11) is 0. The van der Waals surface area contributed by atoms with Crippen LogP contribution in [-0.4, -0.2) is 24.5 Å². The van der Waals surface area contributed by atoms with E-state index in [1.165, 1.54) is 0 Å². The minimum absolute atomic E-state index is 0. The summed E-state index contributed by atoms with van der Waals surface area (Å²) in [5.74, 6) is -1.74. The van der Waals surface area contributed by atoms with Crippen molar-refractivity contribution >= 4 is 19.5 Å². The number of esters is 1. The summed E-state index contributed by atoms with van der Waals surface area (Å²) in [4.78, 5) is 11.1. The van der Waals surface area contributed by atoms with Crippen molar-refractivity contribution in [3.8, 4) is 0 Å². The van der Waals surface area contributed by atoms with Gasteiger partial charge in [-0.1, -0.05) is 0 Å². The van der Waals surface area contributed by atoms with Gasteiger partial charge < -0.3 is 10.5 Å². The topological polar surface area (TPSA) is 52.3 Å². The van der Waals surface area contributed by atoms with E-state index in [0.717, 1.165) is 0 Å². The lowest BCUT2D eigenvalue weighted by atomic mass is 10.1. The number of nitrogens with two attached hydrogens (primary N) is 1. The summed E-state index contributed by atoms with van der Waals surface area (Å²) >= 11 is 0. The number of rotatable bonds is 4. The third-order valence-electron chi connectivity index (χ3n) is 1.51. The lowest BCUT2D eigenvalue weighted by molar-refractivity contribution is -0.157. The fraction of sp³-hybridized carbons (Fsp3) is 0.889. The first-order chi connectivity index (χ1) is 6.26. The Bertz CT molecular complexity index is 195. The van der Waals surface area contributed by atoms with E-state index in [0.29, 0.717) is 0 Å². The van der Waals surface area contributed by atoms with Crippen LogP contribution in [-0.2, 0) is 9.53 Å². The third kappa shape index (κ3) is 8.62. The summed E-state index contributed by atoms with van der Waals surface area (Å²) in [5.41, 5.74) is 4.46. The lowest BCUT2D eigenvalue weighted by Crippen LogP contribution is -2.29. The molecular formula is C9H19F2NO2S. The molecule has 0 aromatic carbocycles. The van der Waals surface area contributed by atoms with Crippen LogP contribution in [0.2, 0.25) is 0 Å². The van der Waals surface area contributed by atoms with Gasteiger partial charge in [-0.25, -0.2) is 8.78 Å². The van der Waals surface area contributed by atoms with Gasteiger partial charge >= 0.3 is 5.97 Å². The first-order valence-electron chi connectivity index (χ1n) is 4.46. The van der Waals surface area contributed by atoms with Gasteiger partial charge in [0.1, 0.15) is 5.60 Å². The van der Waals surface area contributed by atoms with Crippen molar-refractivity contribution in [2.75, 3.05) is 6.54 Å². The van der Waals surface area contributed by atoms with Crippen molar-refractivity contribution in [3.63, 3.8) is 0 Å². The maximum atomic E-state index is 12.2. The van der Waals surface area contributed by atoms with Crippen LogP contribution in [0, 0.1) is 5.92 Å². The van der Waals surface area contributed by atoms with Crippen LogP contribution in [0.25, 0.3) is 0 Å². The molecule has 1 atom stereocenters. The van der Waals surface area contributed by atoms with Gasteiger partial charge in [-0.2, -0.15) is 13.5 Å². The van der Waals surface area contributed by atoms with E-state index in [1.807, 2.05) is 0 Å². The fourth-order valence-corrected chi connectivity index (χ4v) is 0.873. The van der Waals surface area contributed by atoms with Crippen molar-refractivity contribution in [3.05, 3.63) is 0 Å². The Morgan fingerprint density at radius 1 is 1.40 bits per heavy atom. The van der Waals surface area contributed by atoms with Crippen molar-refractivity contribution in [1.82, 2.24) is 0 Å². The molecule has 0 aromatic heterocycles. The third-order valence-corrected chi connectivity index (χ3v) is 1.51. The summed E-state index contributed by atoms with van der Waals surface area (Å²) in [6.45, 7) is 4.84. The second-order valence-corrected chi connectivity index (χ2v) is 4.12. The summed E-state index contributed by atoms with van der Waals surface area (Å²) in [5, 5.41) is 0. The van der Waals surface area contributed by atoms with Crippen LogP contribution < -0.4 is 5.73 Å². The number of ether oxygens (including phenoxy) is 1. The number of carbonyl (C=O) groups is 1. The second-order valence-electron chi connectivity index (χ2n) is 4.12. The molecule has 0 spiro atoms. The zero-order valence-corrected chi connectivity index (χ0v) is 10.2. The Morgan fingerprint density at radius 3 is 2.13 bits per heavy atom. The van der Waals surface area contributed by atoms with Gasteiger partial charge in [0, 0.05) is 12.5 Å². The molecule has 0 amide bonds. The highest BCUT2D eigenvalue weighted by atomic mass is 32.1. The standard InChI is InChI=1S/C9H17F2NO2.H2S/c1-9(2,3)14-7(13)4-6(5-12)8(10)11;/h6,8H,4-5,12H2,1-3H3;1H2/t6-;/m0./s1. The highest BCUT2D eigenvalue weighted by molar-refractivity contribution is 7.59. The number of hydrogen-bond acceptors (Lipinski definition) is 3. The van der Waals surface area contributed by atoms with E-state index in [1.54, 1.807) is 20.8 Å². The maximum absolute atomic E-state index is 12.2. The molecule has 0 heterocycles. The minimum Gasteiger partial charge on any atom is -0.460 e. The van der Waals surface area contributed by atoms with Gasteiger partial charge in [-0.3, -0.25) is 4.79 Å². The second kappa shape index (κ2) is 7.00. The molecule has 0 bridgehead atoms. The number of hydrogen-bond donors (Lipinski definition) is 1. The van der Waals surface area contributed by atoms with Gasteiger partial charge in [0.15, 0.2) is 0 Å². The van der Waals surface area contributed by atoms with E-state index in [2.05, 4.69) is 0 Å². The Labute approximate surface area is 95.8 Å².